The molecule has 6 nitrogen and oxygen atoms in total. The predicted molar refractivity (Wildman–Crippen MR) is 104 cm³/mol. The summed E-state index contributed by atoms with van der Waals surface area (Å²) < 4.78 is 30.6. The number of hydrogen-bond acceptors (Lipinski definition) is 4. The third-order valence-corrected chi connectivity index (χ3v) is 5.03. The van der Waals surface area contributed by atoms with E-state index in [1.54, 1.807) is 43.5 Å². The number of aryl methyl sites for hydroxylation is 1. The van der Waals surface area contributed by atoms with Crippen LogP contribution in [-0.4, -0.2) is 34.2 Å². The van der Waals surface area contributed by atoms with Gasteiger partial charge in [-0.2, -0.15) is 0 Å². The van der Waals surface area contributed by atoms with Crippen LogP contribution in [0.25, 0.3) is 0 Å². The molecule has 140 valence electrons. The van der Waals surface area contributed by atoms with E-state index in [0.29, 0.717) is 23.5 Å². The predicted octanol–water partition coefficient (Wildman–Crippen LogP) is 3.19. The van der Waals surface area contributed by atoms with Crippen molar-refractivity contribution in [2.45, 2.75) is 19.8 Å². The first-order valence-corrected chi connectivity index (χ1v) is 10.1. The molecule has 26 heavy (non-hydrogen) atoms. The molecule has 2 aromatic carbocycles. The summed E-state index contributed by atoms with van der Waals surface area (Å²) in [6.07, 6.45) is 1.80. The van der Waals surface area contributed by atoms with Gasteiger partial charge in [0.1, 0.15) is 5.75 Å². The average molecular weight is 376 g/mol. The van der Waals surface area contributed by atoms with Gasteiger partial charge in [-0.1, -0.05) is 23.8 Å². The van der Waals surface area contributed by atoms with Crippen molar-refractivity contribution in [2.75, 3.05) is 29.5 Å². The van der Waals surface area contributed by atoms with Crippen molar-refractivity contribution in [2.24, 2.45) is 0 Å². The third-order valence-electron chi connectivity index (χ3n) is 3.84. The van der Waals surface area contributed by atoms with Gasteiger partial charge in [-0.3, -0.25) is 9.10 Å². The molecule has 0 spiro atoms. The van der Waals surface area contributed by atoms with Crippen molar-refractivity contribution in [3.63, 3.8) is 0 Å². The summed E-state index contributed by atoms with van der Waals surface area (Å²) in [6.45, 7) is 2.19. The van der Waals surface area contributed by atoms with Gasteiger partial charge in [0.2, 0.25) is 15.9 Å². The number of carbonyl (C=O) groups excluding carboxylic acids is 1. The topological polar surface area (TPSA) is 75.7 Å². The van der Waals surface area contributed by atoms with E-state index in [4.69, 9.17) is 4.74 Å². The van der Waals surface area contributed by atoms with Gasteiger partial charge in [0.25, 0.3) is 0 Å². The van der Waals surface area contributed by atoms with E-state index in [1.807, 2.05) is 19.1 Å². The van der Waals surface area contributed by atoms with Crippen molar-refractivity contribution in [3.05, 3.63) is 54.1 Å². The quantitative estimate of drug-likeness (QED) is 0.768. The zero-order valence-corrected chi connectivity index (χ0v) is 16.0. The van der Waals surface area contributed by atoms with Crippen molar-refractivity contribution in [1.29, 1.82) is 0 Å². The van der Waals surface area contributed by atoms with Crippen LogP contribution in [0.5, 0.6) is 5.75 Å². The minimum Gasteiger partial charge on any atom is -0.497 e. The summed E-state index contributed by atoms with van der Waals surface area (Å²) in [4.78, 5) is 12.1. The number of carbonyl (C=O) groups is 1. The molecule has 0 atom stereocenters. The second-order valence-corrected chi connectivity index (χ2v) is 7.96. The van der Waals surface area contributed by atoms with Gasteiger partial charge in [0.15, 0.2) is 0 Å². The van der Waals surface area contributed by atoms with Gasteiger partial charge in [0.05, 0.1) is 19.1 Å². The molecule has 0 heterocycles. The van der Waals surface area contributed by atoms with Gasteiger partial charge < -0.3 is 10.1 Å². The summed E-state index contributed by atoms with van der Waals surface area (Å²) in [5.74, 6) is 0.487. The fourth-order valence-electron chi connectivity index (χ4n) is 2.50. The molecule has 1 amide bonds. The summed E-state index contributed by atoms with van der Waals surface area (Å²) in [6, 6.07) is 14.4. The fourth-order valence-corrected chi connectivity index (χ4v) is 3.47. The molecule has 0 aliphatic rings. The van der Waals surface area contributed by atoms with Crippen LogP contribution in [-0.2, 0) is 14.8 Å². The lowest BCUT2D eigenvalue weighted by molar-refractivity contribution is -0.116. The number of benzene rings is 2. The van der Waals surface area contributed by atoms with Crippen LogP contribution in [0.15, 0.2) is 48.5 Å². The molecular weight excluding hydrogens is 352 g/mol. The first-order valence-electron chi connectivity index (χ1n) is 8.28. The number of anilines is 2. The van der Waals surface area contributed by atoms with Crippen LogP contribution in [0, 0.1) is 6.92 Å². The second kappa shape index (κ2) is 8.71. The molecule has 0 aromatic heterocycles. The maximum absolute atomic E-state index is 12.1. The minimum absolute atomic E-state index is 0.171. The van der Waals surface area contributed by atoms with E-state index in [1.165, 1.54) is 10.6 Å². The molecule has 0 saturated carbocycles. The Morgan fingerprint density at radius 2 is 1.85 bits per heavy atom. The van der Waals surface area contributed by atoms with E-state index in [-0.39, 0.29) is 18.9 Å². The molecule has 0 fully saturated rings. The van der Waals surface area contributed by atoms with Gasteiger partial charge in [-0.05, 0) is 37.6 Å². The third kappa shape index (κ3) is 5.77. The summed E-state index contributed by atoms with van der Waals surface area (Å²) in [5, 5.41) is 2.79. The van der Waals surface area contributed by atoms with E-state index in [0.717, 1.165) is 5.56 Å². The SMILES string of the molecule is COc1cccc(NC(=O)CCCN(c2ccc(C)cc2)S(C)(=O)=O)c1. The van der Waals surface area contributed by atoms with Crippen LogP contribution in [0.3, 0.4) is 0 Å². The van der Waals surface area contributed by atoms with E-state index < -0.39 is 10.0 Å². The number of amides is 1. The molecule has 0 radical (unpaired) electrons. The van der Waals surface area contributed by atoms with Crippen LogP contribution in [0.2, 0.25) is 0 Å². The van der Waals surface area contributed by atoms with Crippen LogP contribution in [0.1, 0.15) is 18.4 Å². The number of methoxy groups -OCH3 is 1. The van der Waals surface area contributed by atoms with Gasteiger partial charge in [0, 0.05) is 24.7 Å². The molecule has 2 rings (SSSR count). The highest BCUT2D eigenvalue weighted by Crippen LogP contribution is 2.20. The second-order valence-electron chi connectivity index (χ2n) is 6.05. The fraction of sp³-hybridized carbons (Fsp3) is 0.316. The van der Waals surface area contributed by atoms with Crippen molar-refractivity contribution < 1.29 is 17.9 Å². The van der Waals surface area contributed by atoms with Crippen molar-refractivity contribution >= 4 is 27.3 Å². The number of hydrogen-bond donors (Lipinski definition) is 1. The maximum Gasteiger partial charge on any atom is 0.232 e. The summed E-state index contributed by atoms with van der Waals surface area (Å²) in [5.41, 5.74) is 2.30. The van der Waals surface area contributed by atoms with E-state index >= 15 is 0 Å². The highest BCUT2D eigenvalue weighted by molar-refractivity contribution is 7.92. The largest absolute Gasteiger partial charge is 0.497 e. The summed E-state index contributed by atoms with van der Waals surface area (Å²) in [7, 11) is -1.85. The molecule has 0 unspecified atom stereocenters. The Bertz CT molecular complexity index is 848. The Morgan fingerprint density at radius 3 is 2.46 bits per heavy atom. The number of rotatable bonds is 8. The van der Waals surface area contributed by atoms with Crippen LogP contribution in [0.4, 0.5) is 11.4 Å². The minimum atomic E-state index is -3.41. The molecule has 2 aromatic rings. The zero-order valence-electron chi connectivity index (χ0n) is 15.2. The lowest BCUT2D eigenvalue weighted by Gasteiger charge is -2.22. The Balaban J connectivity index is 1.94. The molecule has 0 aliphatic carbocycles. The van der Waals surface area contributed by atoms with Crippen LogP contribution < -0.4 is 14.4 Å². The first-order chi connectivity index (χ1) is 12.3. The monoisotopic (exact) mass is 376 g/mol. The standard InChI is InChI=1S/C19H24N2O4S/c1-15-9-11-17(12-10-15)21(26(3,23)24)13-5-8-19(22)20-16-6-4-7-18(14-16)25-2/h4,6-7,9-12,14H,5,8,13H2,1-3H3,(H,20,22). The Kier molecular flexibility index (Phi) is 6.63. The normalized spacial score (nSPS) is 11.0. The van der Waals surface area contributed by atoms with Crippen molar-refractivity contribution in [1.82, 2.24) is 0 Å². The molecular formula is C19H24N2O4S. The number of ether oxygens (including phenoxy) is 1. The average Bonchev–Trinajstić information content (AvgIpc) is 2.59. The Hall–Kier alpha value is -2.54. The number of nitrogens with one attached hydrogen (secondary N) is 1. The Morgan fingerprint density at radius 1 is 1.15 bits per heavy atom. The van der Waals surface area contributed by atoms with Gasteiger partial charge in [-0.15, -0.1) is 0 Å². The Labute approximate surface area is 154 Å². The lowest BCUT2D eigenvalue weighted by atomic mass is 10.2. The molecule has 1 N–H and O–H groups in total. The number of sulfonamides is 1. The molecule has 0 bridgehead atoms. The van der Waals surface area contributed by atoms with Gasteiger partial charge >= 0.3 is 0 Å². The van der Waals surface area contributed by atoms with E-state index in [9.17, 15) is 13.2 Å². The zero-order chi connectivity index (χ0) is 19.2. The number of nitrogens with zero attached hydrogens (tertiary/aromatic N) is 1. The lowest BCUT2D eigenvalue weighted by Crippen LogP contribution is -2.31. The highest BCUT2D eigenvalue weighted by Gasteiger charge is 2.17. The smallest absolute Gasteiger partial charge is 0.232 e. The molecule has 7 heteroatoms. The maximum atomic E-state index is 12.1. The van der Waals surface area contributed by atoms with Crippen molar-refractivity contribution in [3.8, 4) is 5.75 Å². The molecule has 0 saturated heterocycles. The van der Waals surface area contributed by atoms with E-state index in [2.05, 4.69) is 5.32 Å². The van der Waals surface area contributed by atoms with Gasteiger partial charge in [-0.25, -0.2) is 8.42 Å². The molecule has 0 aliphatic heterocycles. The van der Waals surface area contributed by atoms with Crippen LogP contribution >= 0.6 is 0 Å². The summed E-state index contributed by atoms with van der Waals surface area (Å²) >= 11 is 0. The highest BCUT2D eigenvalue weighted by atomic mass is 32.2. The first kappa shape index (κ1) is 19.8.